The summed E-state index contributed by atoms with van der Waals surface area (Å²) in [6.45, 7) is 3.63. The summed E-state index contributed by atoms with van der Waals surface area (Å²) in [4.78, 5) is 23.6. The number of nitrogens with zero attached hydrogens (tertiary/aromatic N) is 2. The Bertz CT molecular complexity index is 459. The molecule has 1 rings (SSSR count). The van der Waals surface area contributed by atoms with Crippen molar-refractivity contribution < 1.29 is 14.8 Å². The van der Waals surface area contributed by atoms with E-state index in [4.69, 9.17) is 5.11 Å². The molecule has 0 unspecified atom stereocenters. The number of carbonyl (C=O) groups is 1. The van der Waals surface area contributed by atoms with Gasteiger partial charge in [-0.05, 0) is 6.07 Å². The summed E-state index contributed by atoms with van der Waals surface area (Å²) in [5.41, 5.74) is -0.229. The molecule has 6 nitrogen and oxygen atoms in total. The maximum Gasteiger partial charge on any atom is 0.282 e. The Morgan fingerprint density at radius 3 is 2.72 bits per heavy atom. The minimum Gasteiger partial charge on any atom is -0.395 e. The molecule has 0 radical (unpaired) electrons. The number of aliphatic hydroxyl groups is 1. The molecule has 0 spiro atoms. The van der Waals surface area contributed by atoms with E-state index in [-0.39, 0.29) is 30.9 Å². The highest BCUT2D eigenvalue weighted by Crippen LogP contribution is 2.19. The first-order valence-corrected chi connectivity index (χ1v) is 5.36. The van der Waals surface area contributed by atoms with Crippen LogP contribution < -0.4 is 0 Å². The number of hydrogen-bond donors (Lipinski definition) is 1. The summed E-state index contributed by atoms with van der Waals surface area (Å²) in [7, 11) is 0. The van der Waals surface area contributed by atoms with Gasteiger partial charge in [-0.25, -0.2) is 0 Å². The number of benzene rings is 1. The molecule has 0 aliphatic rings. The number of nitro groups is 1. The van der Waals surface area contributed by atoms with E-state index in [0.29, 0.717) is 0 Å². The molecule has 0 atom stereocenters. The van der Waals surface area contributed by atoms with Crippen molar-refractivity contribution >= 4 is 11.6 Å². The first-order chi connectivity index (χ1) is 8.61. The Labute approximate surface area is 104 Å². The Balaban J connectivity index is 3.07. The Morgan fingerprint density at radius 2 is 2.17 bits per heavy atom. The molecular formula is C12H14N2O4. The van der Waals surface area contributed by atoms with Crippen LogP contribution in [0, 0.1) is 10.1 Å². The predicted molar refractivity (Wildman–Crippen MR) is 66.3 cm³/mol. The highest BCUT2D eigenvalue weighted by Gasteiger charge is 2.23. The molecule has 0 bridgehead atoms. The van der Waals surface area contributed by atoms with Crippen LogP contribution in [-0.2, 0) is 0 Å². The van der Waals surface area contributed by atoms with Crippen LogP contribution in [0.25, 0.3) is 0 Å². The Kier molecular flexibility index (Phi) is 5.01. The van der Waals surface area contributed by atoms with Gasteiger partial charge in [0.25, 0.3) is 11.6 Å². The first kappa shape index (κ1) is 13.9. The number of hydrogen-bond acceptors (Lipinski definition) is 4. The molecule has 0 aliphatic heterocycles. The topological polar surface area (TPSA) is 83.7 Å². The molecule has 0 heterocycles. The van der Waals surface area contributed by atoms with Gasteiger partial charge >= 0.3 is 0 Å². The molecule has 18 heavy (non-hydrogen) atoms. The highest BCUT2D eigenvalue weighted by molar-refractivity contribution is 5.98. The third kappa shape index (κ3) is 3.14. The average Bonchev–Trinajstić information content (AvgIpc) is 2.37. The quantitative estimate of drug-likeness (QED) is 0.467. The lowest BCUT2D eigenvalue weighted by Gasteiger charge is -2.19. The van der Waals surface area contributed by atoms with Gasteiger partial charge in [-0.2, -0.15) is 0 Å². The van der Waals surface area contributed by atoms with Crippen LogP contribution in [0.1, 0.15) is 10.4 Å². The Morgan fingerprint density at radius 1 is 1.50 bits per heavy atom. The molecule has 1 amide bonds. The molecular weight excluding hydrogens is 236 g/mol. The van der Waals surface area contributed by atoms with Crippen molar-refractivity contribution in [2.75, 3.05) is 19.7 Å². The van der Waals surface area contributed by atoms with Gasteiger partial charge in [0.05, 0.1) is 11.5 Å². The van der Waals surface area contributed by atoms with Crippen molar-refractivity contribution in [1.82, 2.24) is 4.90 Å². The van der Waals surface area contributed by atoms with Crippen molar-refractivity contribution in [2.45, 2.75) is 0 Å². The van der Waals surface area contributed by atoms with E-state index in [2.05, 4.69) is 6.58 Å². The Hall–Kier alpha value is -2.21. The molecule has 0 aromatic heterocycles. The van der Waals surface area contributed by atoms with Crippen LogP contribution in [0.15, 0.2) is 36.9 Å². The number of aliphatic hydroxyl groups excluding tert-OH is 1. The van der Waals surface area contributed by atoms with Crippen LogP contribution in [0.3, 0.4) is 0 Å². The first-order valence-electron chi connectivity index (χ1n) is 5.36. The largest absolute Gasteiger partial charge is 0.395 e. The van der Waals surface area contributed by atoms with Crippen LogP contribution in [0.5, 0.6) is 0 Å². The van der Waals surface area contributed by atoms with E-state index in [1.54, 1.807) is 6.07 Å². The van der Waals surface area contributed by atoms with Gasteiger partial charge in [0, 0.05) is 19.2 Å². The second-order valence-electron chi connectivity index (χ2n) is 3.54. The third-order valence-electron chi connectivity index (χ3n) is 2.34. The standard InChI is InChI=1S/C12H14N2O4/c1-2-7-13(8-9-15)12(16)10-5-3-4-6-11(10)14(17)18/h2-6,15H,1,7-9H2. The fourth-order valence-electron chi connectivity index (χ4n) is 1.54. The summed E-state index contributed by atoms with van der Waals surface area (Å²) in [6.07, 6.45) is 1.50. The van der Waals surface area contributed by atoms with Crippen LogP contribution in [-0.4, -0.2) is 40.5 Å². The summed E-state index contributed by atoms with van der Waals surface area (Å²) < 4.78 is 0. The summed E-state index contributed by atoms with van der Waals surface area (Å²) >= 11 is 0. The van der Waals surface area contributed by atoms with Crippen LogP contribution >= 0.6 is 0 Å². The monoisotopic (exact) mass is 250 g/mol. The molecule has 6 heteroatoms. The predicted octanol–water partition coefficient (Wildman–Crippen LogP) is 1.22. The fraction of sp³-hybridized carbons (Fsp3) is 0.250. The lowest BCUT2D eigenvalue weighted by molar-refractivity contribution is -0.385. The molecule has 0 fully saturated rings. The third-order valence-corrected chi connectivity index (χ3v) is 2.34. The smallest absolute Gasteiger partial charge is 0.282 e. The van der Waals surface area contributed by atoms with E-state index in [1.165, 1.54) is 29.2 Å². The van der Waals surface area contributed by atoms with Crippen LogP contribution in [0.2, 0.25) is 0 Å². The summed E-state index contributed by atoms with van der Waals surface area (Å²) in [5.74, 6) is -0.490. The zero-order chi connectivity index (χ0) is 13.5. The van der Waals surface area contributed by atoms with Crippen molar-refractivity contribution in [3.63, 3.8) is 0 Å². The fourth-order valence-corrected chi connectivity index (χ4v) is 1.54. The molecule has 96 valence electrons. The van der Waals surface area contributed by atoms with Gasteiger partial charge in [0.2, 0.25) is 0 Å². The molecule has 0 saturated carbocycles. The molecule has 1 aromatic rings. The number of rotatable bonds is 6. The maximum atomic E-state index is 12.1. The second kappa shape index (κ2) is 6.51. The van der Waals surface area contributed by atoms with Crippen molar-refractivity contribution in [1.29, 1.82) is 0 Å². The van der Waals surface area contributed by atoms with E-state index >= 15 is 0 Å². The van der Waals surface area contributed by atoms with E-state index in [0.717, 1.165) is 0 Å². The minimum atomic E-state index is -0.599. The van der Waals surface area contributed by atoms with Crippen LogP contribution in [0.4, 0.5) is 5.69 Å². The van der Waals surface area contributed by atoms with Gasteiger partial charge in [-0.15, -0.1) is 6.58 Å². The van der Waals surface area contributed by atoms with Gasteiger partial charge in [-0.3, -0.25) is 14.9 Å². The van der Waals surface area contributed by atoms with Gasteiger partial charge in [-0.1, -0.05) is 18.2 Å². The minimum absolute atomic E-state index is 0.0119. The highest BCUT2D eigenvalue weighted by atomic mass is 16.6. The van der Waals surface area contributed by atoms with E-state index in [9.17, 15) is 14.9 Å². The summed E-state index contributed by atoms with van der Waals surface area (Å²) in [6, 6.07) is 5.73. The van der Waals surface area contributed by atoms with Crippen molar-refractivity contribution in [3.8, 4) is 0 Å². The SMILES string of the molecule is C=CCN(CCO)C(=O)c1ccccc1[N+](=O)[O-]. The van der Waals surface area contributed by atoms with E-state index < -0.39 is 10.8 Å². The number of nitro benzene ring substituents is 1. The number of para-hydroxylation sites is 1. The lowest BCUT2D eigenvalue weighted by atomic mass is 10.1. The normalized spacial score (nSPS) is 9.83. The molecule has 0 aliphatic carbocycles. The van der Waals surface area contributed by atoms with Gasteiger partial charge in [0.1, 0.15) is 5.56 Å². The molecule has 1 N–H and O–H groups in total. The zero-order valence-corrected chi connectivity index (χ0v) is 9.78. The zero-order valence-electron chi connectivity index (χ0n) is 9.78. The number of carbonyl (C=O) groups excluding carboxylic acids is 1. The van der Waals surface area contributed by atoms with Crippen molar-refractivity contribution in [3.05, 3.63) is 52.6 Å². The lowest BCUT2D eigenvalue weighted by Crippen LogP contribution is -2.34. The molecule has 1 aromatic carbocycles. The van der Waals surface area contributed by atoms with Gasteiger partial charge in [0.15, 0.2) is 0 Å². The van der Waals surface area contributed by atoms with Gasteiger partial charge < -0.3 is 10.0 Å². The average molecular weight is 250 g/mol. The number of amides is 1. The second-order valence-corrected chi connectivity index (χ2v) is 3.54. The maximum absolute atomic E-state index is 12.1. The van der Waals surface area contributed by atoms with E-state index in [1.807, 2.05) is 0 Å². The van der Waals surface area contributed by atoms with Crippen molar-refractivity contribution in [2.24, 2.45) is 0 Å². The molecule has 0 saturated heterocycles. The summed E-state index contributed by atoms with van der Waals surface area (Å²) in [5, 5.41) is 19.7.